The van der Waals surface area contributed by atoms with Crippen molar-refractivity contribution >= 4 is 15.9 Å². The summed E-state index contributed by atoms with van der Waals surface area (Å²) in [6.07, 6.45) is 0. The van der Waals surface area contributed by atoms with Crippen molar-refractivity contribution in [3.05, 3.63) is 63.9 Å². The van der Waals surface area contributed by atoms with Gasteiger partial charge in [-0.05, 0) is 29.7 Å². The zero-order chi connectivity index (χ0) is 13.8. The second kappa shape index (κ2) is 6.20. The highest BCUT2D eigenvalue weighted by Crippen LogP contribution is 2.27. The van der Waals surface area contributed by atoms with Crippen LogP contribution in [-0.4, -0.2) is 0 Å². The Morgan fingerprint density at radius 1 is 1.16 bits per heavy atom. The standard InChI is InChI=1S/C16H16BrFO/c1-11(2)14-5-3-4-6-16(14)19-10-12-7-8-13(17)9-15(12)18/h3-9,11H,10H2,1-2H3. The molecule has 0 bridgehead atoms. The van der Waals surface area contributed by atoms with Crippen LogP contribution in [0.1, 0.15) is 30.9 Å². The van der Waals surface area contributed by atoms with E-state index in [4.69, 9.17) is 4.74 Å². The predicted molar refractivity (Wildman–Crippen MR) is 79.0 cm³/mol. The van der Waals surface area contributed by atoms with Crippen molar-refractivity contribution in [3.63, 3.8) is 0 Å². The van der Waals surface area contributed by atoms with E-state index in [0.29, 0.717) is 11.5 Å². The molecule has 2 aromatic carbocycles. The van der Waals surface area contributed by atoms with Gasteiger partial charge in [-0.2, -0.15) is 0 Å². The third kappa shape index (κ3) is 3.57. The highest BCUT2D eigenvalue weighted by Gasteiger charge is 2.08. The second-order valence-electron chi connectivity index (χ2n) is 4.72. The van der Waals surface area contributed by atoms with E-state index in [1.807, 2.05) is 30.3 Å². The van der Waals surface area contributed by atoms with Crippen molar-refractivity contribution in [2.75, 3.05) is 0 Å². The van der Waals surface area contributed by atoms with Crippen LogP contribution in [-0.2, 0) is 6.61 Å². The monoisotopic (exact) mass is 322 g/mol. The molecule has 0 saturated heterocycles. The lowest BCUT2D eigenvalue weighted by atomic mass is 10.0. The molecule has 100 valence electrons. The summed E-state index contributed by atoms with van der Waals surface area (Å²) < 4.78 is 20.2. The fraction of sp³-hybridized carbons (Fsp3) is 0.250. The molecule has 1 nitrogen and oxygen atoms in total. The SMILES string of the molecule is CC(C)c1ccccc1OCc1ccc(Br)cc1F. The minimum Gasteiger partial charge on any atom is -0.489 e. The van der Waals surface area contributed by atoms with Crippen LogP contribution < -0.4 is 4.74 Å². The van der Waals surface area contributed by atoms with Crippen molar-refractivity contribution < 1.29 is 9.13 Å². The predicted octanol–water partition coefficient (Wildman–Crippen LogP) is 5.29. The molecule has 0 saturated carbocycles. The first-order chi connectivity index (χ1) is 9.08. The molecule has 0 spiro atoms. The minimum absolute atomic E-state index is 0.239. The molecular formula is C16H16BrFO. The van der Waals surface area contributed by atoms with E-state index in [2.05, 4.69) is 29.8 Å². The lowest BCUT2D eigenvalue weighted by Crippen LogP contribution is -2.01. The first kappa shape index (κ1) is 14.1. The van der Waals surface area contributed by atoms with Gasteiger partial charge in [0.25, 0.3) is 0 Å². The summed E-state index contributed by atoms with van der Waals surface area (Å²) in [5, 5.41) is 0. The van der Waals surface area contributed by atoms with Crippen LogP contribution in [0, 0.1) is 5.82 Å². The van der Waals surface area contributed by atoms with E-state index in [1.165, 1.54) is 6.07 Å². The third-order valence-corrected chi connectivity index (χ3v) is 3.43. The number of ether oxygens (including phenoxy) is 1. The van der Waals surface area contributed by atoms with Gasteiger partial charge in [0.1, 0.15) is 18.2 Å². The molecule has 0 fully saturated rings. The van der Waals surface area contributed by atoms with Crippen LogP contribution in [0.3, 0.4) is 0 Å². The zero-order valence-corrected chi connectivity index (χ0v) is 12.6. The Bertz CT molecular complexity index is 566. The van der Waals surface area contributed by atoms with Crippen LogP contribution in [0.2, 0.25) is 0 Å². The molecule has 2 aromatic rings. The fourth-order valence-corrected chi connectivity index (χ4v) is 2.22. The number of rotatable bonds is 4. The number of benzene rings is 2. The maximum absolute atomic E-state index is 13.7. The number of hydrogen-bond donors (Lipinski definition) is 0. The largest absolute Gasteiger partial charge is 0.489 e. The highest BCUT2D eigenvalue weighted by atomic mass is 79.9. The van der Waals surface area contributed by atoms with Crippen molar-refractivity contribution in [3.8, 4) is 5.75 Å². The first-order valence-corrected chi connectivity index (χ1v) is 7.03. The molecule has 0 amide bonds. The number of hydrogen-bond acceptors (Lipinski definition) is 1. The molecule has 3 heteroatoms. The maximum atomic E-state index is 13.7. The summed E-state index contributed by atoms with van der Waals surface area (Å²) in [4.78, 5) is 0. The average molecular weight is 323 g/mol. The van der Waals surface area contributed by atoms with Crippen molar-refractivity contribution in [2.45, 2.75) is 26.4 Å². The van der Waals surface area contributed by atoms with Crippen LogP contribution in [0.15, 0.2) is 46.9 Å². The number of halogens is 2. The summed E-state index contributed by atoms with van der Waals surface area (Å²) in [7, 11) is 0. The van der Waals surface area contributed by atoms with E-state index in [1.54, 1.807) is 6.07 Å². The van der Waals surface area contributed by atoms with Crippen LogP contribution in [0.25, 0.3) is 0 Å². The van der Waals surface area contributed by atoms with Gasteiger partial charge in [0, 0.05) is 10.0 Å². The van der Waals surface area contributed by atoms with Gasteiger partial charge in [-0.1, -0.05) is 54.0 Å². The lowest BCUT2D eigenvalue weighted by Gasteiger charge is -2.14. The summed E-state index contributed by atoms with van der Waals surface area (Å²) in [6, 6.07) is 12.9. The molecule has 0 aromatic heterocycles. The van der Waals surface area contributed by atoms with Crippen LogP contribution in [0.5, 0.6) is 5.75 Å². The Morgan fingerprint density at radius 2 is 1.89 bits per heavy atom. The quantitative estimate of drug-likeness (QED) is 0.743. The molecular weight excluding hydrogens is 307 g/mol. The molecule has 2 rings (SSSR count). The van der Waals surface area contributed by atoms with E-state index in [0.717, 1.165) is 15.8 Å². The van der Waals surface area contributed by atoms with Crippen molar-refractivity contribution in [1.29, 1.82) is 0 Å². The molecule has 0 aliphatic heterocycles. The third-order valence-electron chi connectivity index (χ3n) is 2.94. The van der Waals surface area contributed by atoms with E-state index in [9.17, 15) is 4.39 Å². The highest BCUT2D eigenvalue weighted by molar-refractivity contribution is 9.10. The van der Waals surface area contributed by atoms with Crippen molar-refractivity contribution in [1.82, 2.24) is 0 Å². The zero-order valence-electron chi connectivity index (χ0n) is 11.0. The Morgan fingerprint density at radius 3 is 2.58 bits per heavy atom. The topological polar surface area (TPSA) is 9.23 Å². The van der Waals surface area contributed by atoms with Gasteiger partial charge < -0.3 is 4.74 Å². The van der Waals surface area contributed by atoms with Crippen LogP contribution in [0.4, 0.5) is 4.39 Å². The summed E-state index contributed by atoms with van der Waals surface area (Å²) in [6.45, 7) is 4.47. The Kier molecular flexibility index (Phi) is 4.59. The number of para-hydroxylation sites is 1. The van der Waals surface area contributed by atoms with Gasteiger partial charge in [0.2, 0.25) is 0 Å². The minimum atomic E-state index is -0.253. The Hall–Kier alpha value is -1.35. The van der Waals surface area contributed by atoms with Crippen molar-refractivity contribution in [2.24, 2.45) is 0 Å². The Balaban J connectivity index is 2.14. The molecule has 0 atom stereocenters. The average Bonchev–Trinajstić information content (AvgIpc) is 2.38. The fourth-order valence-electron chi connectivity index (χ4n) is 1.88. The first-order valence-electron chi connectivity index (χ1n) is 6.23. The van der Waals surface area contributed by atoms with E-state index < -0.39 is 0 Å². The van der Waals surface area contributed by atoms with Gasteiger partial charge in [0.15, 0.2) is 0 Å². The maximum Gasteiger partial charge on any atom is 0.130 e. The molecule has 0 aliphatic carbocycles. The van der Waals surface area contributed by atoms with E-state index >= 15 is 0 Å². The summed E-state index contributed by atoms with van der Waals surface area (Å²) in [5.74, 6) is 0.946. The van der Waals surface area contributed by atoms with Gasteiger partial charge in [-0.25, -0.2) is 4.39 Å². The molecule has 0 N–H and O–H groups in total. The summed E-state index contributed by atoms with van der Waals surface area (Å²) >= 11 is 3.24. The molecule has 0 unspecified atom stereocenters. The smallest absolute Gasteiger partial charge is 0.130 e. The van der Waals surface area contributed by atoms with Gasteiger partial charge >= 0.3 is 0 Å². The van der Waals surface area contributed by atoms with Gasteiger partial charge in [-0.15, -0.1) is 0 Å². The molecule has 0 aliphatic rings. The molecule has 0 heterocycles. The summed E-state index contributed by atoms with van der Waals surface area (Å²) in [5.41, 5.74) is 1.70. The molecule has 19 heavy (non-hydrogen) atoms. The van der Waals surface area contributed by atoms with Crippen LogP contribution >= 0.6 is 15.9 Å². The Labute approximate surface area is 121 Å². The second-order valence-corrected chi connectivity index (χ2v) is 5.63. The van der Waals surface area contributed by atoms with Gasteiger partial charge in [0.05, 0.1) is 0 Å². The van der Waals surface area contributed by atoms with Gasteiger partial charge in [-0.3, -0.25) is 0 Å². The lowest BCUT2D eigenvalue weighted by molar-refractivity contribution is 0.295. The van der Waals surface area contributed by atoms with E-state index in [-0.39, 0.29) is 12.4 Å². The normalized spacial score (nSPS) is 10.8. The molecule has 0 radical (unpaired) electrons.